The van der Waals surface area contributed by atoms with E-state index in [4.69, 9.17) is 28.4 Å². The molecular weight excluding hydrogens is 901 g/mol. The van der Waals surface area contributed by atoms with Crippen LogP contribution in [0.25, 0.3) is 0 Å². The molecule has 2 aliphatic heterocycles. The van der Waals surface area contributed by atoms with Gasteiger partial charge in [0.25, 0.3) is 0 Å². The van der Waals surface area contributed by atoms with Crippen molar-refractivity contribution in [2.24, 2.45) is 50.2 Å². The maximum Gasteiger partial charge on any atom is 0.335 e. The number of hydrogen-bond donors (Lipinski definition) is 9. The molecule has 0 amide bonds. The Morgan fingerprint density at radius 1 is 0.754 bits per heavy atom. The first-order valence-corrected chi connectivity index (χ1v) is 24.7. The maximum absolute atomic E-state index is 13.7. The van der Waals surface area contributed by atoms with Crippen LogP contribution in [0.2, 0.25) is 0 Å². The third kappa shape index (κ3) is 8.37. The molecule has 21 unspecified atom stereocenters. The van der Waals surface area contributed by atoms with Gasteiger partial charge in [-0.05, 0) is 107 Å². The fraction of sp³-hybridized carbons (Fsp3) is 0.824. The van der Waals surface area contributed by atoms with E-state index in [0.717, 1.165) is 5.57 Å². The summed E-state index contributed by atoms with van der Waals surface area (Å²) in [5.74, 6) is -3.45. The summed E-state index contributed by atoms with van der Waals surface area (Å²) in [6.07, 6.45) is -10.9. The number of esters is 2. The Morgan fingerprint density at radius 2 is 1.38 bits per heavy atom. The van der Waals surface area contributed by atoms with E-state index in [1.54, 1.807) is 39.8 Å². The number of rotatable bonds is 11. The second-order valence-corrected chi connectivity index (χ2v) is 23.0. The SMILES string of the molecule is CC=C(C)C(=O)OC1C(OC(=O)C(C)=CC)C2(CO)C(O)CC3(C)C(=CCC4C5(C)CCC(OC6OC(C(=O)O)C(O)C(O)C6OC6OCC(O)C(O)C6O)C(C)(CO)C5CCC43C)C2CC1(C)C. The fourth-order valence-electron chi connectivity index (χ4n) is 14.6. The average Bonchev–Trinajstić information content (AvgIpc) is 3.29. The second kappa shape index (κ2) is 19.2. The molecule has 0 aromatic carbocycles. The molecule has 0 aromatic rings. The monoisotopic (exact) mass is 979 g/mol. The normalized spacial score (nSPS) is 48.7. The topological polar surface area (TPSA) is 289 Å². The van der Waals surface area contributed by atoms with E-state index < -0.39 is 149 Å². The van der Waals surface area contributed by atoms with Gasteiger partial charge in [0, 0.05) is 22.0 Å². The van der Waals surface area contributed by atoms with Crippen LogP contribution in [-0.4, -0.2) is 163 Å². The Kier molecular flexibility index (Phi) is 15.0. The average molecular weight is 979 g/mol. The number of hydrogen-bond acceptors (Lipinski definition) is 17. The molecule has 390 valence electrons. The van der Waals surface area contributed by atoms with Gasteiger partial charge in [0.1, 0.15) is 42.7 Å². The van der Waals surface area contributed by atoms with E-state index in [2.05, 4.69) is 26.8 Å². The maximum atomic E-state index is 13.7. The van der Waals surface area contributed by atoms with Crippen LogP contribution in [0.3, 0.4) is 0 Å². The van der Waals surface area contributed by atoms with Crippen molar-refractivity contribution in [2.75, 3.05) is 19.8 Å². The summed E-state index contributed by atoms with van der Waals surface area (Å²) in [6, 6.07) is 0. The van der Waals surface area contributed by atoms with Crippen LogP contribution in [0.4, 0.5) is 0 Å². The molecule has 69 heavy (non-hydrogen) atoms. The zero-order chi connectivity index (χ0) is 51.1. The number of carboxylic acid groups (broad SMARTS) is 1. The van der Waals surface area contributed by atoms with Crippen LogP contribution >= 0.6 is 0 Å². The van der Waals surface area contributed by atoms with Gasteiger partial charge in [-0.15, -0.1) is 0 Å². The van der Waals surface area contributed by atoms with Gasteiger partial charge in [-0.25, -0.2) is 14.4 Å². The van der Waals surface area contributed by atoms with E-state index in [1.807, 2.05) is 20.8 Å². The van der Waals surface area contributed by atoms with Crippen LogP contribution in [0.1, 0.15) is 114 Å². The van der Waals surface area contributed by atoms with Crippen molar-refractivity contribution in [1.82, 2.24) is 0 Å². The molecule has 0 aromatic heterocycles. The van der Waals surface area contributed by atoms with E-state index in [-0.39, 0.29) is 24.9 Å². The number of carbonyl (C=O) groups is 3. The van der Waals surface area contributed by atoms with Gasteiger partial charge in [0.05, 0.1) is 37.4 Å². The highest BCUT2D eigenvalue weighted by Crippen LogP contribution is 2.76. The van der Waals surface area contributed by atoms with Crippen molar-refractivity contribution in [3.05, 3.63) is 34.9 Å². The smallest absolute Gasteiger partial charge is 0.335 e. The lowest BCUT2D eigenvalue weighted by Gasteiger charge is -2.72. The molecule has 4 saturated carbocycles. The number of carboxylic acids is 1. The number of aliphatic hydroxyl groups is 8. The minimum Gasteiger partial charge on any atom is -0.479 e. The molecule has 18 heteroatoms. The molecule has 21 atom stereocenters. The number of ether oxygens (including phenoxy) is 6. The number of aliphatic carboxylic acids is 1. The number of allylic oxidation sites excluding steroid dienone is 4. The molecule has 0 radical (unpaired) electrons. The number of carbonyl (C=O) groups excluding carboxylic acids is 2. The predicted octanol–water partition coefficient (Wildman–Crippen LogP) is 2.44. The molecule has 5 aliphatic carbocycles. The van der Waals surface area contributed by atoms with Gasteiger partial charge in [-0.1, -0.05) is 65.3 Å². The Hall–Kier alpha value is -2.85. The first-order chi connectivity index (χ1) is 32.2. The van der Waals surface area contributed by atoms with Gasteiger partial charge >= 0.3 is 17.9 Å². The van der Waals surface area contributed by atoms with Crippen molar-refractivity contribution >= 4 is 17.9 Å². The van der Waals surface area contributed by atoms with Crippen molar-refractivity contribution in [1.29, 1.82) is 0 Å². The first kappa shape index (κ1) is 53.9. The highest BCUT2D eigenvalue weighted by Gasteiger charge is 2.74. The highest BCUT2D eigenvalue weighted by molar-refractivity contribution is 5.89. The van der Waals surface area contributed by atoms with Crippen molar-refractivity contribution in [3.8, 4) is 0 Å². The summed E-state index contributed by atoms with van der Waals surface area (Å²) >= 11 is 0. The molecule has 9 N–H and O–H groups in total. The molecule has 0 spiro atoms. The molecular formula is C51H78O18. The zero-order valence-corrected chi connectivity index (χ0v) is 41.7. The van der Waals surface area contributed by atoms with Gasteiger partial charge in [-0.2, -0.15) is 0 Å². The Bertz CT molecular complexity index is 2050. The number of aliphatic hydroxyl groups excluding tert-OH is 8. The minimum atomic E-state index is -1.99. The van der Waals surface area contributed by atoms with E-state index >= 15 is 0 Å². The van der Waals surface area contributed by atoms with Crippen LogP contribution in [0.15, 0.2) is 34.9 Å². The largest absolute Gasteiger partial charge is 0.479 e. The summed E-state index contributed by atoms with van der Waals surface area (Å²) in [6.45, 7) is 18.0. The standard InChI is InChI=1S/C51H78O18/c1-11-24(3)42(62)68-39-40(69-43(63)25(4)12-2)51(23-53)27(19-46(39,5)6)26-13-14-30-47(7)17-16-32(48(8,22-52)29(47)15-18-49(30,9)50(26,10)20-31(51)55)65-45-38(35(58)34(57)37(66-45)41(60)61)67-44-36(59)33(56)28(54)21-64-44/h11-13,27-40,44-45,52-59H,14-23H2,1-10H3,(H,60,61). The summed E-state index contributed by atoms with van der Waals surface area (Å²) in [4.78, 5) is 39.5. The summed E-state index contributed by atoms with van der Waals surface area (Å²) in [5.41, 5.74) is -2.96. The van der Waals surface area contributed by atoms with Gasteiger partial charge in [-0.3, -0.25) is 0 Å². The number of fused-ring (bicyclic) bond motifs is 7. The molecule has 2 saturated heterocycles. The lowest BCUT2D eigenvalue weighted by Crippen LogP contribution is -2.72. The molecule has 6 fully saturated rings. The van der Waals surface area contributed by atoms with Gasteiger partial charge in [0.2, 0.25) is 0 Å². The third-order valence-electron chi connectivity index (χ3n) is 19.2. The summed E-state index contributed by atoms with van der Waals surface area (Å²) in [5, 5.41) is 99.3. The highest BCUT2D eigenvalue weighted by atomic mass is 16.8. The quantitative estimate of drug-likeness (QED) is 0.0622. The lowest BCUT2D eigenvalue weighted by atomic mass is 9.33. The second-order valence-electron chi connectivity index (χ2n) is 23.0. The first-order valence-electron chi connectivity index (χ1n) is 24.7. The van der Waals surface area contributed by atoms with E-state index in [1.165, 1.54) is 0 Å². The summed E-state index contributed by atoms with van der Waals surface area (Å²) < 4.78 is 36.4. The summed E-state index contributed by atoms with van der Waals surface area (Å²) in [7, 11) is 0. The molecule has 7 aliphatic rings. The molecule has 2 heterocycles. The predicted molar refractivity (Wildman–Crippen MR) is 244 cm³/mol. The Morgan fingerprint density at radius 3 is 1.96 bits per heavy atom. The molecule has 7 rings (SSSR count). The zero-order valence-electron chi connectivity index (χ0n) is 41.7. The Balaban J connectivity index is 1.22. The van der Waals surface area contributed by atoms with E-state index in [9.17, 15) is 60.3 Å². The molecule has 0 bridgehead atoms. The van der Waals surface area contributed by atoms with Crippen molar-refractivity contribution in [2.45, 2.75) is 194 Å². The van der Waals surface area contributed by atoms with Gasteiger partial charge < -0.3 is 74.4 Å². The Labute approximate surface area is 404 Å². The molecule has 18 nitrogen and oxygen atoms in total. The lowest BCUT2D eigenvalue weighted by molar-refractivity contribution is -0.367. The minimum absolute atomic E-state index is 0.000293. The van der Waals surface area contributed by atoms with Crippen LogP contribution in [0.5, 0.6) is 0 Å². The third-order valence-corrected chi connectivity index (χ3v) is 19.2. The van der Waals surface area contributed by atoms with Crippen LogP contribution in [0, 0.1) is 50.2 Å². The fourth-order valence-corrected chi connectivity index (χ4v) is 14.6. The van der Waals surface area contributed by atoms with Crippen molar-refractivity contribution < 1.29 is 88.8 Å². The van der Waals surface area contributed by atoms with E-state index in [0.29, 0.717) is 49.7 Å². The van der Waals surface area contributed by atoms with Crippen molar-refractivity contribution in [3.63, 3.8) is 0 Å². The van der Waals surface area contributed by atoms with Crippen LogP contribution < -0.4 is 0 Å². The van der Waals surface area contributed by atoms with Crippen LogP contribution in [-0.2, 0) is 42.8 Å². The van der Waals surface area contributed by atoms with Gasteiger partial charge in [0.15, 0.2) is 24.8 Å².